The number of nitrogens with two attached hydrogens (primary N) is 1. The average molecular weight is 233 g/mol. The van der Waals surface area contributed by atoms with Gasteiger partial charge in [0, 0.05) is 4.88 Å². The van der Waals surface area contributed by atoms with Gasteiger partial charge in [0.2, 0.25) is 5.91 Å². The summed E-state index contributed by atoms with van der Waals surface area (Å²) in [5.74, 6) is 0.396. The van der Waals surface area contributed by atoms with Crippen LogP contribution in [0, 0.1) is 0 Å². The van der Waals surface area contributed by atoms with E-state index in [9.17, 15) is 4.79 Å². The fourth-order valence-electron chi connectivity index (χ4n) is 1.47. The molecule has 3 nitrogen and oxygen atoms in total. The summed E-state index contributed by atoms with van der Waals surface area (Å²) < 4.78 is 5.08. The maximum atomic E-state index is 11.2. The van der Waals surface area contributed by atoms with Crippen molar-refractivity contribution in [2.75, 3.05) is 7.11 Å². The minimum atomic E-state index is -0.396. The number of rotatable bonds is 3. The van der Waals surface area contributed by atoms with Crippen molar-refractivity contribution in [1.82, 2.24) is 0 Å². The molecule has 0 atom stereocenters. The van der Waals surface area contributed by atoms with Gasteiger partial charge in [-0.25, -0.2) is 0 Å². The number of primary amides is 1. The molecule has 1 aromatic carbocycles. The van der Waals surface area contributed by atoms with Crippen molar-refractivity contribution in [2.24, 2.45) is 5.73 Å². The zero-order valence-electron chi connectivity index (χ0n) is 8.77. The second-order valence-corrected chi connectivity index (χ2v) is 4.17. The summed E-state index contributed by atoms with van der Waals surface area (Å²) >= 11 is 1.50. The van der Waals surface area contributed by atoms with E-state index in [1.165, 1.54) is 11.3 Å². The molecule has 16 heavy (non-hydrogen) atoms. The first-order valence-corrected chi connectivity index (χ1v) is 5.62. The minimum Gasteiger partial charge on any atom is -0.497 e. The molecule has 1 heterocycles. The molecule has 0 saturated carbocycles. The molecule has 0 aliphatic heterocycles. The van der Waals surface area contributed by atoms with E-state index in [1.54, 1.807) is 13.2 Å². The maximum Gasteiger partial charge on any atom is 0.250 e. The fraction of sp³-hybridized carbons (Fsp3) is 0.0833. The fourth-order valence-corrected chi connectivity index (χ4v) is 2.38. The Balaban J connectivity index is 2.42. The number of ether oxygens (including phenoxy) is 1. The molecule has 2 N–H and O–H groups in total. The molecule has 0 fully saturated rings. The number of benzene rings is 1. The lowest BCUT2D eigenvalue weighted by atomic mass is 10.1. The third kappa shape index (κ3) is 1.92. The number of hydrogen-bond acceptors (Lipinski definition) is 3. The number of amides is 1. The minimum absolute atomic E-state index is 0.396. The quantitative estimate of drug-likeness (QED) is 0.885. The van der Waals surface area contributed by atoms with Gasteiger partial charge < -0.3 is 10.5 Å². The highest BCUT2D eigenvalue weighted by molar-refractivity contribution is 7.14. The van der Waals surface area contributed by atoms with Crippen LogP contribution in [0.1, 0.15) is 10.4 Å². The highest BCUT2D eigenvalue weighted by atomic mass is 32.1. The SMILES string of the molecule is COc1ccc(-c2sccc2C(N)=O)cc1. The summed E-state index contributed by atoms with van der Waals surface area (Å²) in [6.07, 6.45) is 0. The van der Waals surface area contributed by atoms with Gasteiger partial charge in [-0.15, -0.1) is 11.3 Å². The predicted octanol–water partition coefficient (Wildman–Crippen LogP) is 2.52. The van der Waals surface area contributed by atoms with Crippen molar-refractivity contribution < 1.29 is 9.53 Å². The first-order valence-electron chi connectivity index (χ1n) is 4.74. The lowest BCUT2D eigenvalue weighted by Gasteiger charge is -2.03. The second kappa shape index (κ2) is 4.37. The zero-order valence-corrected chi connectivity index (χ0v) is 9.58. The number of carbonyl (C=O) groups is 1. The molecule has 0 bridgehead atoms. The summed E-state index contributed by atoms with van der Waals surface area (Å²) in [5, 5.41) is 1.86. The standard InChI is InChI=1S/C12H11NO2S/c1-15-9-4-2-8(3-5-9)11-10(12(13)14)6-7-16-11/h2-7H,1H3,(H2,13,14). The highest BCUT2D eigenvalue weighted by Crippen LogP contribution is 2.30. The third-order valence-corrected chi connectivity index (χ3v) is 3.25. The van der Waals surface area contributed by atoms with Crippen LogP contribution in [0.3, 0.4) is 0 Å². The van der Waals surface area contributed by atoms with Gasteiger partial charge in [-0.2, -0.15) is 0 Å². The summed E-state index contributed by atoms with van der Waals surface area (Å²) in [6, 6.07) is 9.29. The summed E-state index contributed by atoms with van der Waals surface area (Å²) in [7, 11) is 1.62. The molecule has 1 aromatic heterocycles. The summed E-state index contributed by atoms with van der Waals surface area (Å²) in [6.45, 7) is 0. The van der Waals surface area contributed by atoms with Crippen LogP contribution in [0.25, 0.3) is 10.4 Å². The molecular weight excluding hydrogens is 222 g/mol. The van der Waals surface area contributed by atoms with Gasteiger partial charge in [0.05, 0.1) is 12.7 Å². The first kappa shape index (κ1) is 10.7. The number of carbonyl (C=O) groups excluding carboxylic acids is 1. The van der Waals surface area contributed by atoms with Gasteiger partial charge >= 0.3 is 0 Å². The number of thiophene rings is 1. The van der Waals surface area contributed by atoms with Gasteiger partial charge in [-0.05, 0) is 41.3 Å². The Morgan fingerprint density at radius 3 is 2.50 bits per heavy atom. The normalized spacial score (nSPS) is 10.1. The largest absolute Gasteiger partial charge is 0.497 e. The van der Waals surface area contributed by atoms with E-state index in [1.807, 2.05) is 29.6 Å². The topological polar surface area (TPSA) is 52.3 Å². The first-order chi connectivity index (χ1) is 7.72. The van der Waals surface area contributed by atoms with E-state index in [-0.39, 0.29) is 0 Å². The second-order valence-electron chi connectivity index (χ2n) is 3.26. The molecule has 0 radical (unpaired) electrons. The van der Waals surface area contributed by atoms with Crippen molar-refractivity contribution in [3.8, 4) is 16.2 Å². The Morgan fingerprint density at radius 2 is 1.94 bits per heavy atom. The van der Waals surface area contributed by atoms with E-state index in [2.05, 4.69) is 0 Å². The number of methoxy groups -OCH3 is 1. The van der Waals surface area contributed by atoms with E-state index in [4.69, 9.17) is 10.5 Å². The molecule has 2 aromatic rings. The van der Waals surface area contributed by atoms with Crippen molar-refractivity contribution in [1.29, 1.82) is 0 Å². The molecule has 1 amide bonds. The van der Waals surface area contributed by atoms with E-state index in [0.717, 1.165) is 16.2 Å². The zero-order chi connectivity index (χ0) is 11.5. The monoisotopic (exact) mass is 233 g/mol. The van der Waals surface area contributed by atoms with E-state index < -0.39 is 5.91 Å². The van der Waals surface area contributed by atoms with Crippen LogP contribution in [0.15, 0.2) is 35.7 Å². The molecule has 0 saturated heterocycles. The Bertz CT molecular complexity index is 502. The summed E-state index contributed by atoms with van der Waals surface area (Å²) in [4.78, 5) is 12.1. The van der Waals surface area contributed by atoms with Gasteiger partial charge in [0.1, 0.15) is 5.75 Å². The van der Waals surface area contributed by atoms with Gasteiger partial charge in [-0.1, -0.05) is 0 Å². The van der Waals surface area contributed by atoms with Crippen molar-refractivity contribution in [2.45, 2.75) is 0 Å². The molecule has 4 heteroatoms. The Labute approximate surface area is 97.5 Å². The maximum absolute atomic E-state index is 11.2. The Morgan fingerprint density at radius 1 is 1.25 bits per heavy atom. The predicted molar refractivity (Wildman–Crippen MR) is 64.8 cm³/mol. The molecule has 0 aliphatic carbocycles. The molecule has 0 spiro atoms. The van der Waals surface area contributed by atoms with Crippen LogP contribution in [-0.4, -0.2) is 13.0 Å². The molecule has 2 rings (SSSR count). The van der Waals surface area contributed by atoms with Gasteiger partial charge in [0.25, 0.3) is 0 Å². The smallest absolute Gasteiger partial charge is 0.250 e. The third-order valence-electron chi connectivity index (χ3n) is 2.28. The van der Waals surface area contributed by atoms with Crippen LogP contribution >= 0.6 is 11.3 Å². The lowest BCUT2D eigenvalue weighted by Crippen LogP contribution is -2.10. The Hall–Kier alpha value is -1.81. The van der Waals surface area contributed by atoms with E-state index >= 15 is 0 Å². The highest BCUT2D eigenvalue weighted by Gasteiger charge is 2.11. The number of hydrogen-bond donors (Lipinski definition) is 1. The molecular formula is C12H11NO2S. The summed E-state index contributed by atoms with van der Waals surface area (Å²) in [5.41, 5.74) is 6.84. The average Bonchev–Trinajstić information content (AvgIpc) is 2.78. The van der Waals surface area contributed by atoms with E-state index in [0.29, 0.717) is 5.56 Å². The van der Waals surface area contributed by atoms with Crippen molar-refractivity contribution >= 4 is 17.2 Å². The van der Waals surface area contributed by atoms with Crippen LogP contribution in [-0.2, 0) is 0 Å². The van der Waals surface area contributed by atoms with Crippen molar-refractivity contribution in [3.63, 3.8) is 0 Å². The van der Waals surface area contributed by atoms with Gasteiger partial charge in [0.15, 0.2) is 0 Å². The molecule has 0 unspecified atom stereocenters. The van der Waals surface area contributed by atoms with Crippen LogP contribution in [0.4, 0.5) is 0 Å². The van der Waals surface area contributed by atoms with Crippen LogP contribution in [0.2, 0.25) is 0 Å². The van der Waals surface area contributed by atoms with Gasteiger partial charge in [-0.3, -0.25) is 4.79 Å². The van der Waals surface area contributed by atoms with Crippen LogP contribution < -0.4 is 10.5 Å². The van der Waals surface area contributed by atoms with Crippen molar-refractivity contribution in [3.05, 3.63) is 41.3 Å². The Kier molecular flexibility index (Phi) is 2.92. The molecule has 82 valence electrons. The lowest BCUT2D eigenvalue weighted by molar-refractivity contribution is 0.100. The van der Waals surface area contributed by atoms with Crippen LogP contribution in [0.5, 0.6) is 5.75 Å². The molecule has 0 aliphatic rings.